The summed E-state index contributed by atoms with van der Waals surface area (Å²) in [6.45, 7) is 9.07. The molecule has 3 heteroatoms. The Kier molecular flexibility index (Phi) is 9.35. The number of aliphatic hydroxyl groups is 1. The molecule has 0 heterocycles. The van der Waals surface area contributed by atoms with E-state index < -0.39 is 8.32 Å². The summed E-state index contributed by atoms with van der Waals surface area (Å²) < 4.78 is 6.99. The standard InChI is InChI=1S/C26H38O2Si/c1-5-6-7-8-9-12-17-23(22-27)28-29(26(2,3)4,24-18-13-10-14-19-24)25-20-15-11-16-21-25/h9-16,18-21,23,27H,5-8,17,22H2,1-4H3/b12-9-/t23-/m1/s1. The number of hydrogen-bond donors (Lipinski definition) is 1. The number of aliphatic hydroxyl groups excluding tert-OH is 1. The summed E-state index contributed by atoms with van der Waals surface area (Å²) in [7, 11) is -2.61. The molecule has 0 spiro atoms. The summed E-state index contributed by atoms with van der Waals surface area (Å²) in [5.74, 6) is 0. The Morgan fingerprint density at radius 1 is 0.897 bits per heavy atom. The van der Waals surface area contributed by atoms with Gasteiger partial charge in [-0.3, -0.25) is 0 Å². The molecular formula is C26H38O2Si. The average Bonchev–Trinajstić information content (AvgIpc) is 2.73. The molecule has 2 aromatic rings. The van der Waals surface area contributed by atoms with E-state index >= 15 is 0 Å². The molecule has 0 aliphatic carbocycles. The molecule has 2 nitrogen and oxygen atoms in total. The van der Waals surface area contributed by atoms with Crippen LogP contribution in [0.4, 0.5) is 0 Å². The lowest BCUT2D eigenvalue weighted by Gasteiger charge is -2.45. The predicted molar refractivity (Wildman–Crippen MR) is 127 cm³/mol. The number of rotatable bonds is 11. The van der Waals surface area contributed by atoms with Crippen LogP contribution in [0.2, 0.25) is 5.04 Å². The maximum Gasteiger partial charge on any atom is 0.261 e. The molecule has 2 aromatic carbocycles. The molecule has 29 heavy (non-hydrogen) atoms. The van der Waals surface area contributed by atoms with Gasteiger partial charge in [0.2, 0.25) is 0 Å². The first-order valence-electron chi connectivity index (χ1n) is 11.0. The molecule has 0 unspecified atom stereocenters. The van der Waals surface area contributed by atoms with Gasteiger partial charge in [-0.2, -0.15) is 0 Å². The first-order chi connectivity index (χ1) is 14.0. The summed E-state index contributed by atoms with van der Waals surface area (Å²) in [6.07, 6.45) is 9.81. The molecule has 1 atom stereocenters. The van der Waals surface area contributed by atoms with Gasteiger partial charge in [-0.05, 0) is 34.7 Å². The highest BCUT2D eigenvalue weighted by Gasteiger charge is 2.51. The molecule has 0 radical (unpaired) electrons. The predicted octanol–water partition coefficient (Wildman–Crippen LogP) is 5.45. The zero-order valence-electron chi connectivity index (χ0n) is 18.6. The lowest BCUT2D eigenvalue weighted by Crippen LogP contribution is -2.68. The topological polar surface area (TPSA) is 29.5 Å². The Balaban J connectivity index is 2.37. The molecule has 0 bridgehead atoms. The number of allylic oxidation sites excluding steroid dienone is 1. The fourth-order valence-electron chi connectivity index (χ4n) is 3.98. The quantitative estimate of drug-likeness (QED) is 0.303. The molecule has 0 amide bonds. The van der Waals surface area contributed by atoms with Crippen LogP contribution >= 0.6 is 0 Å². The summed E-state index contributed by atoms with van der Waals surface area (Å²) in [6, 6.07) is 21.3. The Labute approximate surface area is 178 Å². The van der Waals surface area contributed by atoms with Gasteiger partial charge in [-0.15, -0.1) is 0 Å². The summed E-state index contributed by atoms with van der Waals surface area (Å²) in [4.78, 5) is 0. The van der Waals surface area contributed by atoms with E-state index in [9.17, 15) is 5.11 Å². The van der Waals surface area contributed by atoms with E-state index in [4.69, 9.17) is 4.43 Å². The molecular weight excluding hydrogens is 372 g/mol. The van der Waals surface area contributed by atoms with Gasteiger partial charge in [-0.1, -0.05) is 113 Å². The van der Waals surface area contributed by atoms with Gasteiger partial charge in [0.1, 0.15) is 0 Å². The summed E-state index contributed by atoms with van der Waals surface area (Å²) in [5.41, 5.74) is 0. The molecule has 0 fully saturated rings. The SMILES string of the molecule is CCCCC/C=C\C[C@H](CO)O[Si](c1ccccc1)(c1ccccc1)C(C)(C)C. The van der Waals surface area contributed by atoms with Gasteiger partial charge in [-0.25, -0.2) is 0 Å². The minimum Gasteiger partial charge on any atom is -0.402 e. The van der Waals surface area contributed by atoms with Crippen molar-refractivity contribution in [2.45, 2.75) is 70.9 Å². The first kappa shape index (κ1) is 23.6. The van der Waals surface area contributed by atoms with Crippen LogP contribution in [0.3, 0.4) is 0 Å². The van der Waals surface area contributed by atoms with Gasteiger partial charge in [0.25, 0.3) is 8.32 Å². The monoisotopic (exact) mass is 410 g/mol. The second-order valence-electron chi connectivity index (χ2n) is 8.79. The van der Waals surface area contributed by atoms with Crippen LogP contribution in [0.15, 0.2) is 72.8 Å². The number of unbranched alkanes of at least 4 members (excludes halogenated alkanes) is 3. The fourth-order valence-corrected chi connectivity index (χ4v) is 8.66. The highest BCUT2D eigenvalue weighted by molar-refractivity contribution is 6.99. The molecule has 0 saturated carbocycles. The third kappa shape index (κ3) is 6.15. The highest BCUT2D eigenvalue weighted by Crippen LogP contribution is 2.37. The molecule has 0 saturated heterocycles. The Hall–Kier alpha value is -1.68. The van der Waals surface area contributed by atoms with Gasteiger partial charge in [0, 0.05) is 0 Å². The van der Waals surface area contributed by atoms with Crippen LogP contribution in [-0.2, 0) is 4.43 Å². The van der Waals surface area contributed by atoms with Crippen LogP contribution in [0.1, 0.15) is 59.8 Å². The minimum absolute atomic E-state index is 0.0315. The van der Waals surface area contributed by atoms with E-state index in [0.717, 1.165) is 12.8 Å². The molecule has 1 N–H and O–H groups in total. The van der Waals surface area contributed by atoms with Crippen LogP contribution in [-0.4, -0.2) is 26.1 Å². The van der Waals surface area contributed by atoms with Crippen molar-refractivity contribution in [1.29, 1.82) is 0 Å². The van der Waals surface area contributed by atoms with Crippen molar-refractivity contribution in [3.8, 4) is 0 Å². The molecule has 0 aliphatic rings. The van der Waals surface area contributed by atoms with Gasteiger partial charge in [0.15, 0.2) is 0 Å². The van der Waals surface area contributed by atoms with Crippen molar-refractivity contribution in [1.82, 2.24) is 0 Å². The largest absolute Gasteiger partial charge is 0.402 e. The number of hydrogen-bond acceptors (Lipinski definition) is 2. The Morgan fingerprint density at radius 3 is 1.90 bits per heavy atom. The van der Waals surface area contributed by atoms with E-state index in [0.29, 0.717) is 0 Å². The third-order valence-corrected chi connectivity index (χ3v) is 10.6. The smallest absolute Gasteiger partial charge is 0.261 e. The van der Waals surface area contributed by atoms with Crippen molar-refractivity contribution >= 4 is 18.7 Å². The van der Waals surface area contributed by atoms with Crippen molar-refractivity contribution in [3.05, 3.63) is 72.8 Å². The maximum absolute atomic E-state index is 10.2. The van der Waals surface area contributed by atoms with E-state index in [2.05, 4.69) is 101 Å². The normalized spacial score (nSPS) is 13.7. The van der Waals surface area contributed by atoms with Gasteiger partial charge in [0.05, 0.1) is 12.7 Å². The van der Waals surface area contributed by atoms with Gasteiger partial charge < -0.3 is 9.53 Å². The van der Waals surface area contributed by atoms with Crippen molar-refractivity contribution in [2.24, 2.45) is 0 Å². The Bertz CT molecular complexity index is 680. The second-order valence-corrected chi connectivity index (χ2v) is 13.0. The average molecular weight is 411 g/mol. The van der Waals surface area contributed by atoms with E-state index in [-0.39, 0.29) is 17.7 Å². The zero-order chi connectivity index (χ0) is 21.2. The van der Waals surface area contributed by atoms with E-state index in [1.54, 1.807) is 0 Å². The minimum atomic E-state index is -2.61. The van der Waals surface area contributed by atoms with Crippen molar-refractivity contribution in [2.75, 3.05) is 6.61 Å². The van der Waals surface area contributed by atoms with E-state index in [1.165, 1.54) is 29.6 Å². The fraction of sp³-hybridized carbons (Fsp3) is 0.462. The maximum atomic E-state index is 10.2. The zero-order valence-corrected chi connectivity index (χ0v) is 19.6. The van der Waals surface area contributed by atoms with Crippen LogP contribution in [0.25, 0.3) is 0 Å². The molecule has 158 valence electrons. The molecule has 0 aliphatic heterocycles. The third-order valence-electron chi connectivity index (χ3n) is 5.50. The highest BCUT2D eigenvalue weighted by atomic mass is 28.4. The van der Waals surface area contributed by atoms with E-state index in [1.807, 2.05) is 0 Å². The van der Waals surface area contributed by atoms with Gasteiger partial charge >= 0.3 is 0 Å². The van der Waals surface area contributed by atoms with Crippen molar-refractivity contribution in [3.63, 3.8) is 0 Å². The van der Waals surface area contributed by atoms with Crippen molar-refractivity contribution < 1.29 is 9.53 Å². The van der Waals surface area contributed by atoms with Crippen LogP contribution in [0.5, 0.6) is 0 Å². The van der Waals surface area contributed by atoms with Crippen LogP contribution < -0.4 is 10.4 Å². The summed E-state index contributed by atoms with van der Waals surface area (Å²) in [5, 5.41) is 12.6. The Morgan fingerprint density at radius 2 is 1.45 bits per heavy atom. The van der Waals surface area contributed by atoms with Crippen LogP contribution in [0, 0.1) is 0 Å². The first-order valence-corrected chi connectivity index (χ1v) is 12.9. The lowest BCUT2D eigenvalue weighted by atomic mass is 10.2. The lowest BCUT2D eigenvalue weighted by molar-refractivity contribution is 0.109. The molecule has 2 rings (SSSR count). The molecule has 0 aromatic heterocycles. The number of benzene rings is 2. The summed E-state index contributed by atoms with van der Waals surface area (Å²) >= 11 is 0. The second kappa shape index (κ2) is 11.5.